The minimum Gasteiger partial charge on any atom is -0.496 e. The van der Waals surface area contributed by atoms with Crippen LogP contribution in [0.5, 0.6) is 11.5 Å². The Labute approximate surface area is 121 Å². The summed E-state index contributed by atoms with van der Waals surface area (Å²) in [6.07, 6.45) is 0. The molecule has 2 rings (SSSR count). The molecule has 0 N–H and O–H groups in total. The number of benzene rings is 2. The molecule has 108 valence electrons. The van der Waals surface area contributed by atoms with Gasteiger partial charge in [0.15, 0.2) is 0 Å². The Kier molecular flexibility index (Phi) is 7.43. The zero-order valence-corrected chi connectivity index (χ0v) is 11.7. The van der Waals surface area contributed by atoms with Crippen molar-refractivity contribution in [1.82, 2.24) is 0 Å². The van der Waals surface area contributed by atoms with Gasteiger partial charge in [0.1, 0.15) is 17.3 Å². The van der Waals surface area contributed by atoms with Gasteiger partial charge in [-0.2, -0.15) is 0 Å². The van der Waals surface area contributed by atoms with Crippen LogP contribution in [0.25, 0.3) is 0 Å². The van der Waals surface area contributed by atoms with Crippen molar-refractivity contribution in [3.05, 3.63) is 59.9 Å². The topological polar surface area (TPSA) is 18.5 Å². The van der Waals surface area contributed by atoms with E-state index in [-0.39, 0.29) is 11.7 Å². The Balaban J connectivity index is 0.000000204. The Morgan fingerprint density at radius 2 is 1.80 bits per heavy atom. The summed E-state index contributed by atoms with van der Waals surface area (Å²) in [5, 5.41) is 0. The van der Waals surface area contributed by atoms with Gasteiger partial charge in [-0.05, 0) is 30.3 Å². The molecule has 2 aromatic carbocycles. The van der Waals surface area contributed by atoms with Gasteiger partial charge >= 0.3 is 0 Å². The van der Waals surface area contributed by atoms with E-state index in [0.717, 1.165) is 0 Å². The van der Waals surface area contributed by atoms with Crippen LogP contribution in [0.15, 0.2) is 48.5 Å². The monoisotopic (exact) mass is 300 g/mol. The van der Waals surface area contributed by atoms with Crippen LogP contribution in [-0.4, -0.2) is 14.0 Å². The van der Waals surface area contributed by atoms with Crippen molar-refractivity contribution in [3.8, 4) is 11.5 Å². The third kappa shape index (κ3) is 5.45. The number of halogens is 3. The van der Waals surface area contributed by atoms with E-state index >= 15 is 0 Å². The number of para-hydroxylation sites is 1. The first-order valence-electron chi connectivity index (χ1n) is 5.83. The van der Waals surface area contributed by atoms with E-state index in [0.29, 0.717) is 17.1 Å². The highest BCUT2D eigenvalue weighted by atomic mass is 35.5. The van der Waals surface area contributed by atoms with Crippen LogP contribution >= 0.6 is 11.6 Å². The fraction of sp³-hybridized carbons (Fsp3) is 0.200. The molecule has 0 atom stereocenters. The summed E-state index contributed by atoms with van der Waals surface area (Å²) in [7, 11) is 1.53. The van der Waals surface area contributed by atoms with Crippen molar-refractivity contribution < 1.29 is 18.3 Å². The summed E-state index contributed by atoms with van der Waals surface area (Å²) in [6, 6.07) is 13.1. The van der Waals surface area contributed by atoms with Crippen molar-refractivity contribution in [2.45, 2.75) is 5.88 Å². The molecule has 0 saturated heterocycles. The number of rotatable bonds is 4. The van der Waals surface area contributed by atoms with Crippen molar-refractivity contribution in [1.29, 1.82) is 0 Å². The largest absolute Gasteiger partial charge is 0.496 e. The Morgan fingerprint density at radius 1 is 1.10 bits per heavy atom. The summed E-state index contributed by atoms with van der Waals surface area (Å²) in [5.41, 5.74) is 0.675. The molecule has 0 spiro atoms. The molecule has 5 heteroatoms. The quantitative estimate of drug-likeness (QED) is 0.770. The molecule has 0 aliphatic rings. The van der Waals surface area contributed by atoms with Gasteiger partial charge in [0.25, 0.3) is 0 Å². The zero-order valence-electron chi connectivity index (χ0n) is 11.0. The molecule has 0 fully saturated rings. The summed E-state index contributed by atoms with van der Waals surface area (Å²) in [5.74, 6) is 1.17. The first-order chi connectivity index (χ1) is 9.71. The minimum absolute atomic E-state index is 0.265. The molecule has 2 nitrogen and oxygen atoms in total. The standard InChI is InChI=1S/C8H8ClFO.C7H7FO/c1-11-8-3-2-7(10)4-6(8)5-9;8-6-9-7-4-2-1-3-5-7/h2-4H,5H2,1H3;1-5H,6H2. The Morgan fingerprint density at radius 3 is 2.35 bits per heavy atom. The van der Waals surface area contributed by atoms with Crippen molar-refractivity contribution in [2.24, 2.45) is 0 Å². The Bertz CT molecular complexity index is 506. The number of hydrogen-bond acceptors (Lipinski definition) is 2. The maximum absolute atomic E-state index is 12.6. The van der Waals surface area contributed by atoms with E-state index < -0.39 is 6.86 Å². The maximum Gasteiger partial charge on any atom is 0.228 e. The van der Waals surface area contributed by atoms with Crippen LogP contribution in [0.2, 0.25) is 0 Å². The van der Waals surface area contributed by atoms with Crippen LogP contribution in [0.3, 0.4) is 0 Å². The summed E-state index contributed by atoms with van der Waals surface area (Å²) >= 11 is 5.54. The molecule has 0 aromatic heterocycles. The highest BCUT2D eigenvalue weighted by Gasteiger charge is 2.01. The van der Waals surface area contributed by atoms with Gasteiger partial charge in [-0.25, -0.2) is 8.78 Å². The normalized spacial score (nSPS) is 9.40. The van der Waals surface area contributed by atoms with Gasteiger partial charge in [0.05, 0.1) is 13.0 Å². The van der Waals surface area contributed by atoms with E-state index in [1.54, 1.807) is 30.3 Å². The highest BCUT2D eigenvalue weighted by Crippen LogP contribution is 2.20. The van der Waals surface area contributed by atoms with Gasteiger partial charge in [-0.3, -0.25) is 0 Å². The molecular formula is C15H15ClF2O2. The fourth-order valence-corrected chi connectivity index (χ4v) is 1.64. The molecule has 0 aliphatic heterocycles. The lowest BCUT2D eigenvalue weighted by Gasteiger charge is -2.04. The second-order valence-electron chi connectivity index (χ2n) is 3.66. The lowest BCUT2D eigenvalue weighted by Crippen LogP contribution is -1.89. The summed E-state index contributed by atoms with van der Waals surface area (Å²) in [6.45, 7) is -0.760. The first-order valence-corrected chi connectivity index (χ1v) is 6.37. The van der Waals surface area contributed by atoms with Gasteiger partial charge < -0.3 is 9.47 Å². The second kappa shape index (κ2) is 9.15. The predicted octanol–water partition coefficient (Wildman–Crippen LogP) is 4.57. The van der Waals surface area contributed by atoms with E-state index in [2.05, 4.69) is 4.74 Å². The maximum atomic E-state index is 12.6. The molecule has 20 heavy (non-hydrogen) atoms. The third-order valence-corrected chi connectivity index (χ3v) is 2.64. The van der Waals surface area contributed by atoms with Crippen molar-refractivity contribution >= 4 is 11.6 Å². The number of methoxy groups -OCH3 is 1. The van der Waals surface area contributed by atoms with Gasteiger partial charge in [0.2, 0.25) is 6.86 Å². The number of hydrogen-bond donors (Lipinski definition) is 0. The zero-order chi connectivity index (χ0) is 14.8. The van der Waals surface area contributed by atoms with Crippen LogP contribution in [0, 0.1) is 5.82 Å². The van der Waals surface area contributed by atoms with Crippen molar-refractivity contribution in [3.63, 3.8) is 0 Å². The Hall–Kier alpha value is -1.81. The molecule has 2 aromatic rings. The fourth-order valence-electron chi connectivity index (χ4n) is 1.43. The average Bonchev–Trinajstić information content (AvgIpc) is 2.49. The first kappa shape index (κ1) is 16.2. The SMILES string of the molecule is COc1ccc(F)cc1CCl.FCOc1ccccc1. The lowest BCUT2D eigenvalue weighted by molar-refractivity contribution is 0.192. The van der Waals surface area contributed by atoms with Crippen molar-refractivity contribution in [2.75, 3.05) is 14.0 Å². The molecular weight excluding hydrogens is 286 g/mol. The minimum atomic E-state index is -0.760. The van der Waals surface area contributed by atoms with Gasteiger partial charge in [-0.15, -0.1) is 11.6 Å². The summed E-state index contributed by atoms with van der Waals surface area (Å²) < 4.78 is 33.5. The van der Waals surface area contributed by atoms with Crippen LogP contribution < -0.4 is 9.47 Å². The predicted molar refractivity (Wildman–Crippen MR) is 75.6 cm³/mol. The smallest absolute Gasteiger partial charge is 0.228 e. The van der Waals surface area contributed by atoms with Crippen LogP contribution in [0.1, 0.15) is 5.56 Å². The number of alkyl halides is 2. The van der Waals surface area contributed by atoms with Crippen LogP contribution in [-0.2, 0) is 5.88 Å². The summed E-state index contributed by atoms with van der Waals surface area (Å²) in [4.78, 5) is 0. The van der Waals surface area contributed by atoms with Gasteiger partial charge in [-0.1, -0.05) is 18.2 Å². The van der Waals surface area contributed by atoms with Gasteiger partial charge in [0, 0.05) is 5.56 Å². The molecule has 0 radical (unpaired) electrons. The second-order valence-corrected chi connectivity index (χ2v) is 3.92. The lowest BCUT2D eigenvalue weighted by atomic mass is 10.2. The van der Waals surface area contributed by atoms with E-state index in [4.69, 9.17) is 16.3 Å². The third-order valence-electron chi connectivity index (χ3n) is 2.35. The van der Waals surface area contributed by atoms with E-state index in [9.17, 15) is 8.78 Å². The molecule has 0 heterocycles. The van der Waals surface area contributed by atoms with E-state index in [1.165, 1.54) is 19.2 Å². The average molecular weight is 301 g/mol. The van der Waals surface area contributed by atoms with E-state index in [1.807, 2.05) is 6.07 Å². The molecule has 0 amide bonds. The molecule has 0 bridgehead atoms. The number of ether oxygens (including phenoxy) is 2. The molecule has 0 aliphatic carbocycles. The van der Waals surface area contributed by atoms with Crippen LogP contribution in [0.4, 0.5) is 8.78 Å². The molecule has 0 saturated carbocycles. The highest BCUT2D eigenvalue weighted by molar-refractivity contribution is 6.17. The molecule has 0 unspecified atom stereocenters.